The van der Waals surface area contributed by atoms with Crippen molar-refractivity contribution in [3.8, 4) is 0 Å². The van der Waals surface area contributed by atoms with Gasteiger partial charge in [-0.3, -0.25) is 4.99 Å². The lowest BCUT2D eigenvalue weighted by Gasteiger charge is -2.24. The molecule has 0 radical (unpaired) electrons. The van der Waals surface area contributed by atoms with Gasteiger partial charge in [0, 0.05) is 33.3 Å². The summed E-state index contributed by atoms with van der Waals surface area (Å²) in [6, 6.07) is 0.0723. The van der Waals surface area contributed by atoms with Gasteiger partial charge in [0.2, 0.25) is 0 Å². The first-order chi connectivity index (χ1) is 12.3. The SMILES string of the molecule is CCCCC(CNC(=O)OC(C)(C)C)NC(=NC)NCCOCCOC.I. The number of hydrogen-bond acceptors (Lipinski definition) is 5. The maximum atomic E-state index is 11.9. The quantitative estimate of drug-likeness (QED) is 0.164. The molecule has 0 aliphatic heterocycles. The third kappa shape index (κ3) is 18.3. The van der Waals surface area contributed by atoms with Gasteiger partial charge >= 0.3 is 6.09 Å². The van der Waals surface area contributed by atoms with Crippen molar-refractivity contribution >= 4 is 36.0 Å². The molecule has 0 heterocycles. The molecule has 0 saturated carbocycles. The van der Waals surface area contributed by atoms with E-state index in [1.54, 1.807) is 14.2 Å². The highest BCUT2D eigenvalue weighted by Crippen LogP contribution is 2.06. The second-order valence-electron chi connectivity index (χ2n) is 6.97. The standard InChI is InChI=1S/C18H38N4O4.HI/c1-7-8-9-15(14-21-17(23)26-18(2,3)4)22-16(19-5)20-10-11-25-13-12-24-6;/h15H,7-14H2,1-6H3,(H,21,23)(H2,19,20,22);1H. The van der Waals surface area contributed by atoms with Crippen molar-refractivity contribution in [2.45, 2.75) is 58.6 Å². The lowest BCUT2D eigenvalue weighted by atomic mass is 10.1. The van der Waals surface area contributed by atoms with Crippen LogP contribution in [0, 0.1) is 0 Å². The number of halogens is 1. The second kappa shape index (κ2) is 17.3. The maximum absolute atomic E-state index is 11.9. The minimum Gasteiger partial charge on any atom is -0.444 e. The third-order valence-electron chi connectivity index (χ3n) is 3.33. The van der Waals surface area contributed by atoms with Crippen LogP contribution in [-0.4, -0.2) is 70.8 Å². The molecule has 1 amide bonds. The number of methoxy groups -OCH3 is 1. The molecule has 0 aromatic heterocycles. The summed E-state index contributed by atoms with van der Waals surface area (Å²) in [5.41, 5.74) is -0.503. The van der Waals surface area contributed by atoms with Crippen LogP contribution in [0.4, 0.5) is 4.79 Å². The fraction of sp³-hybridized carbons (Fsp3) is 0.889. The van der Waals surface area contributed by atoms with E-state index in [0.29, 0.717) is 38.9 Å². The average molecular weight is 502 g/mol. The number of carbonyl (C=O) groups excluding carboxylic acids is 1. The zero-order chi connectivity index (χ0) is 19.8. The summed E-state index contributed by atoms with van der Waals surface area (Å²) in [6.45, 7) is 10.5. The number of nitrogens with one attached hydrogen (secondary N) is 3. The van der Waals surface area contributed by atoms with Crippen LogP contribution in [0.1, 0.15) is 47.0 Å². The van der Waals surface area contributed by atoms with Gasteiger partial charge in [0.1, 0.15) is 5.60 Å². The van der Waals surface area contributed by atoms with Crippen LogP contribution >= 0.6 is 24.0 Å². The van der Waals surface area contributed by atoms with Crippen LogP contribution in [0.5, 0.6) is 0 Å². The molecule has 27 heavy (non-hydrogen) atoms. The van der Waals surface area contributed by atoms with E-state index in [0.717, 1.165) is 19.3 Å². The molecule has 162 valence electrons. The molecule has 0 rings (SSSR count). The first-order valence-electron chi connectivity index (χ1n) is 9.33. The molecule has 8 nitrogen and oxygen atoms in total. The molecule has 0 fully saturated rings. The van der Waals surface area contributed by atoms with E-state index in [1.807, 2.05) is 20.8 Å². The zero-order valence-electron chi connectivity index (χ0n) is 17.7. The van der Waals surface area contributed by atoms with Gasteiger partial charge in [-0.1, -0.05) is 19.8 Å². The molecule has 1 unspecified atom stereocenters. The minimum absolute atomic E-state index is 0. The van der Waals surface area contributed by atoms with Crippen molar-refractivity contribution < 1.29 is 19.0 Å². The number of unbranched alkanes of at least 4 members (excludes halogenated alkanes) is 1. The van der Waals surface area contributed by atoms with Crippen molar-refractivity contribution in [3.05, 3.63) is 0 Å². The second-order valence-corrected chi connectivity index (χ2v) is 6.97. The Morgan fingerprint density at radius 1 is 1.15 bits per heavy atom. The van der Waals surface area contributed by atoms with Gasteiger partial charge in [-0.15, -0.1) is 24.0 Å². The van der Waals surface area contributed by atoms with Crippen molar-refractivity contribution in [1.82, 2.24) is 16.0 Å². The number of nitrogens with zero attached hydrogens (tertiary/aromatic N) is 1. The van der Waals surface area contributed by atoms with Gasteiger partial charge in [0.25, 0.3) is 0 Å². The summed E-state index contributed by atoms with van der Waals surface area (Å²) in [5.74, 6) is 0.687. The Bertz CT molecular complexity index is 403. The highest BCUT2D eigenvalue weighted by atomic mass is 127. The Morgan fingerprint density at radius 2 is 1.85 bits per heavy atom. The molecule has 0 aromatic carbocycles. The first-order valence-corrected chi connectivity index (χ1v) is 9.33. The van der Waals surface area contributed by atoms with Crippen molar-refractivity contribution in [2.75, 3.05) is 47.1 Å². The van der Waals surface area contributed by atoms with Crippen LogP contribution in [0.3, 0.4) is 0 Å². The summed E-state index contributed by atoms with van der Waals surface area (Å²) in [7, 11) is 3.37. The normalized spacial score (nSPS) is 12.7. The summed E-state index contributed by atoms with van der Waals surface area (Å²) >= 11 is 0. The van der Waals surface area contributed by atoms with Crippen molar-refractivity contribution in [3.63, 3.8) is 0 Å². The number of guanidine groups is 1. The number of aliphatic imine (C=N–C) groups is 1. The van der Waals surface area contributed by atoms with Gasteiger partial charge in [-0.2, -0.15) is 0 Å². The number of rotatable bonds is 12. The largest absolute Gasteiger partial charge is 0.444 e. The van der Waals surface area contributed by atoms with E-state index in [1.165, 1.54) is 0 Å². The molecule has 1 atom stereocenters. The molecule has 0 aliphatic carbocycles. The number of alkyl carbamates (subject to hydrolysis) is 1. The molecule has 0 aliphatic rings. The zero-order valence-corrected chi connectivity index (χ0v) is 20.1. The number of hydrogen-bond donors (Lipinski definition) is 3. The van der Waals surface area contributed by atoms with Crippen LogP contribution in [0.15, 0.2) is 4.99 Å². The summed E-state index contributed by atoms with van der Waals surface area (Å²) in [5, 5.41) is 9.38. The van der Waals surface area contributed by atoms with Crippen LogP contribution < -0.4 is 16.0 Å². The van der Waals surface area contributed by atoms with Crippen molar-refractivity contribution in [2.24, 2.45) is 4.99 Å². The molecule has 9 heteroatoms. The van der Waals surface area contributed by atoms with Crippen LogP contribution in [0.2, 0.25) is 0 Å². The lowest BCUT2D eigenvalue weighted by Crippen LogP contribution is -2.49. The molecular formula is C18H39IN4O4. The Morgan fingerprint density at radius 3 is 2.41 bits per heavy atom. The minimum atomic E-state index is -0.503. The highest BCUT2D eigenvalue weighted by molar-refractivity contribution is 14.0. The van der Waals surface area contributed by atoms with E-state index >= 15 is 0 Å². The summed E-state index contributed by atoms with van der Waals surface area (Å²) < 4.78 is 15.6. The van der Waals surface area contributed by atoms with E-state index in [-0.39, 0.29) is 30.0 Å². The Hall–Kier alpha value is -0.810. The molecule has 0 aromatic rings. The Labute approximate surface area is 181 Å². The molecule has 0 bridgehead atoms. The topological polar surface area (TPSA) is 93.2 Å². The molecule has 0 spiro atoms. The van der Waals surface area contributed by atoms with E-state index in [2.05, 4.69) is 27.9 Å². The Balaban J connectivity index is 0. The van der Waals surface area contributed by atoms with E-state index in [9.17, 15) is 4.79 Å². The average Bonchev–Trinajstić information content (AvgIpc) is 2.57. The van der Waals surface area contributed by atoms with Gasteiger partial charge in [0.05, 0.1) is 19.8 Å². The summed E-state index contributed by atoms with van der Waals surface area (Å²) in [4.78, 5) is 16.1. The fourth-order valence-corrected chi connectivity index (χ4v) is 2.07. The lowest BCUT2D eigenvalue weighted by molar-refractivity contribution is 0.0522. The summed E-state index contributed by atoms with van der Waals surface area (Å²) in [6.07, 6.45) is 2.67. The van der Waals surface area contributed by atoms with Gasteiger partial charge in [-0.05, 0) is 27.2 Å². The fourth-order valence-electron chi connectivity index (χ4n) is 2.07. The number of carbonyl (C=O) groups is 1. The molecular weight excluding hydrogens is 463 g/mol. The maximum Gasteiger partial charge on any atom is 0.407 e. The predicted octanol–water partition coefficient (Wildman–Crippen LogP) is 2.52. The van der Waals surface area contributed by atoms with Gasteiger partial charge in [0.15, 0.2) is 5.96 Å². The predicted molar refractivity (Wildman–Crippen MR) is 120 cm³/mol. The van der Waals surface area contributed by atoms with Crippen molar-refractivity contribution in [1.29, 1.82) is 0 Å². The Kier molecular flexibility index (Phi) is 18.2. The molecule has 3 N–H and O–H groups in total. The smallest absolute Gasteiger partial charge is 0.407 e. The molecule has 0 saturated heterocycles. The van der Waals surface area contributed by atoms with Crippen LogP contribution in [0.25, 0.3) is 0 Å². The van der Waals surface area contributed by atoms with Gasteiger partial charge < -0.3 is 30.2 Å². The monoisotopic (exact) mass is 502 g/mol. The van der Waals surface area contributed by atoms with E-state index < -0.39 is 11.7 Å². The number of amides is 1. The van der Waals surface area contributed by atoms with E-state index in [4.69, 9.17) is 14.2 Å². The first kappa shape index (κ1) is 28.4. The highest BCUT2D eigenvalue weighted by Gasteiger charge is 2.18. The third-order valence-corrected chi connectivity index (χ3v) is 3.33. The number of ether oxygens (including phenoxy) is 3. The van der Waals surface area contributed by atoms with Crippen LogP contribution in [-0.2, 0) is 14.2 Å². The van der Waals surface area contributed by atoms with Gasteiger partial charge in [-0.25, -0.2) is 4.79 Å².